The van der Waals surface area contributed by atoms with Gasteiger partial charge in [-0.05, 0) is 0 Å². The molecule has 10 heavy (non-hydrogen) atoms. The van der Waals surface area contributed by atoms with Gasteiger partial charge in [0.05, 0.1) is 0 Å². The van der Waals surface area contributed by atoms with E-state index in [1.165, 1.54) is 38.7 Å². The molecule has 0 aromatic heterocycles. The molecule has 0 spiro atoms. The molecule has 0 heterocycles. The average molecular weight is 477 g/mol. The van der Waals surface area contributed by atoms with Gasteiger partial charge in [-0.15, -0.1) is 0 Å². The summed E-state index contributed by atoms with van der Waals surface area (Å²) in [4.78, 5) is 0. The van der Waals surface area contributed by atoms with Gasteiger partial charge in [0.15, 0.2) is 0 Å². The molecule has 0 unspecified atom stereocenters. The zero-order valence-corrected chi connectivity index (χ0v) is 12.0. The summed E-state index contributed by atoms with van der Waals surface area (Å²) in [5, 5.41) is 3.07. The topological polar surface area (TPSA) is 12.0 Å². The normalized spacial score (nSPS) is 7.00. The number of hydrogen-bond donors (Lipinski definition) is 1. The molecule has 3 heteroatoms. The second-order valence-corrected chi connectivity index (χ2v) is 4.31. The molecule has 0 atom stereocenters. The first-order valence-electron chi connectivity index (χ1n) is 2.84. The average Bonchev–Trinajstić information content (AvgIpc) is 1.90. The summed E-state index contributed by atoms with van der Waals surface area (Å²) in [6, 6.07) is 0. The van der Waals surface area contributed by atoms with Crippen molar-refractivity contribution in [1.29, 1.82) is 0 Å². The monoisotopic (exact) mass is 477 g/mol. The Morgan fingerprint density at radius 2 is 2.20 bits per heavy atom. The van der Waals surface area contributed by atoms with Gasteiger partial charge in [-0.3, -0.25) is 0 Å². The summed E-state index contributed by atoms with van der Waals surface area (Å²) in [6.45, 7) is 10.1. The van der Waals surface area contributed by atoms with Crippen LogP contribution in [0.15, 0.2) is 6.08 Å². The molecule has 58 valence electrons. The van der Waals surface area contributed by atoms with Crippen molar-refractivity contribution in [2.24, 2.45) is 0 Å². The Morgan fingerprint density at radius 3 is 2.30 bits per heavy atom. The number of hydrogen-bond acceptors (Lipinski definition) is 1. The van der Waals surface area contributed by atoms with Gasteiger partial charge in [0.2, 0.25) is 0 Å². The van der Waals surface area contributed by atoms with E-state index in [1.54, 1.807) is 6.08 Å². The van der Waals surface area contributed by atoms with Crippen LogP contribution >= 0.6 is 0 Å². The van der Waals surface area contributed by atoms with Gasteiger partial charge in [0, 0.05) is 0 Å². The fraction of sp³-hybridized carbons (Fsp3) is 0.429. The van der Waals surface area contributed by atoms with Crippen LogP contribution in [-0.2, 0) is 38.7 Å². The van der Waals surface area contributed by atoms with Crippen molar-refractivity contribution in [3.8, 4) is 0 Å². The zero-order chi connectivity index (χ0) is 8.41. The van der Waals surface area contributed by atoms with E-state index in [1.807, 2.05) is 13.8 Å². The van der Waals surface area contributed by atoms with E-state index >= 15 is 0 Å². The molecule has 0 aliphatic heterocycles. The Hall–Kier alpha value is 0.817. The summed E-state index contributed by atoms with van der Waals surface area (Å²) < 4.78 is 3.95. The molecule has 0 fully saturated rings. The molecule has 0 aromatic carbocycles. The summed E-state index contributed by atoms with van der Waals surface area (Å²) in [5.74, 6) is 0. The summed E-state index contributed by atoms with van der Waals surface area (Å²) in [5.41, 5.74) is 0. The van der Waals surface area contributed by atoms with Gasteiger partial charge in [0.25, 0.3) is 0 Å². The van der Waals surface area contributed by atoms with Crippen LogP contribution in [0.3, 0.4) is 0 Å². The standard InChI is InChI=1S/C5H8N.C2H3.2W/c1-3-5-6-4-2;1-2;;/h1,3,6H,4H2,2H3;1H3;;/q2*-1;;. The third kappa shape index (κ3) is 15.9. The molecule has 0 radical (unpaired) electrons. The van der Waals surface area contributed by atoms with E-state index in [4.69, 9.17) is 6.58 Å². The molecular weight excluding hydrogens is 466 g/mol. The molecule has 0 saturated carbocycles. The maximum absolute atomic E-state index is 5.15. The SMILES string of the molecule is C[C-]=[W].[CH-]=C[C](=[W])NCC. The van der Waals surface area contributed by atoms with Crippen LogP contribution in [0, 0.1) is 6.58 Å². The van der Waals surface area contributed by atoms with E-state index in [0.717, 1.165) is 10.6 Å². The Labute approximate surface area is 85.1 Å². The van der Waals surface area contributed by atoms with Gasteiger partial charge < -0.3 is 0 Å². The Morgan fingerprint density at radius 1 is 1.80 bits per heavy atom. The first-order valence-corrected chi connectivity index (χ1v) is 5.77. The van der Waals surface area contributed by atoms with Crippen molar-refractivity contribution in [2.75, 3.05) is 6.54 Å². The molecule has 1 N–H and O–H groups in total. The molecule has 0 aliphatic rings. The third-order valence-corrected chi connectivity index (χ3v) is 1.51. The van der Waals surface area contributed by atoms with Crippen molar-refractivity contribution in [3.63, 3.8) is 0 Å². The third-order valence-electron chi connectivity index (χ3n) is 0.502. The number of rotatable bonds is 3. The van der Waals surface area contributed by atoms with Crippen molar-refractivity contribution in [3.05, 3.63) is 12.7 Å². The van der Waals surface area contributed by atoms with Crippen LogP contribution in [0.1, 0.15) is 13.8 Å². The van der Waals surface area contributed by atoms with E-state index in [9.17, 15) is 0 Å². The Bertz CT molecular complexity index is 110. The summed E-state index contributed by atoms with van der Waals surface area (Å²) >= 11 is 2.81. The van der Waals surface area contributed by atoms with E-state index in [0.29, 0.717) is 0 Å². The Balaban J connectivity index is 0. The second kappa shape index (κ2) is 12.5. The fourth-order valence-corrected chi connectivity index (χ4v) is 0.752. The second-order valence-electron chi connectivity index (χ2n) is 1.27. The van der Waals surface area contributed by atoms with Crippen LogP contribution in [-0.4, -0.2) is 15.0 Å². The Kier molecular flexibility index (Phi) is 16.7. The van der Waals surface area contributed by atoms with Gasteiger partial charge in [-0.25, -0.2) is 0 Å². The van der Waals surface area contributed by atoms with Gasteiger partial charge in [-0.2, -0.15) is 0 Å². The predicted octanol–water partition coefficient (Wildman–Crippen LogP) is 0.494. The minimum absolute atomic E-state index is 0.965. The molecule has 0 aliphatic carbocycles. The predicted molar refractivity (Wildman–Crippen MR) is 38.2 cm³/mol. The summed E-state index contributed by atoms with van der Waals surface area (Å²) in [6.07, 6.45) is 1.60. The molecule has 0 bridgehead atoms. The first kappa shape index (κ1) is 13.4. The van der Waals surface area contributed by atoms with Crippen molar-refractivity contribution in [2.45, 2.75) is 13.8 Å². The maximum atomic E-state index is 5.15. The first-order chi connectivity index (χ1) is 4.72. The van der Waals surface area contributed by atoms with Crippen LogP contribution in [0.25, 0.3) is 0 Å². The van der Waals surface area contributed by atoms with E-state index in [2.05, 4.69) is 9.72 Å². The van der Waals surface area contributed by atoms with Crippen molar-refractivity contribution >= 4 is 8.42 Å². The van der Waals surface area contributed by atoms with Crippen LogP contribution < -0.4 is 5.32 Å². The molecule has 0 amide bonds. The molecule has 0 rings (SSSR count). The fourth-order valence-electron chi connectivity index (χ4n) is 0.233. The van der Waals surface area contributed by atoms with Gasteiger partial charge in [0.1, 0.15) is 0 Å². The summed E-state index contributed by atoms with van der Waals surface area (Å²) in [7, 11) is 0. The molecular formula is C7H11NW2-2. The molecule has 1 nitrogen and oxygen atoms in total. The van der Waals surface area contributed by atoms with E-state index < -0.39 is 0 Å². The van der Waals surface area contributed by atoms with Crippen molar-refractivity contribution < 1.29 is 38.7 Å². The van der Waals surface area contributed by atoms with E-state index in [-0.39, 0.29) is 0 Å². The van der Waals surface area contributed by atoms with Crippen molar-refractivity contribution in [1.82, 2.24) is 5.32 Å². The quantitative estimate of drug-likeness (QED) is 0.585. The minimum atomic E-state index is 0.965. The molecule has 0 aromatic rings. The van der Waals surface area contributed by atoms with Crippen LogP contribution in [0.5, 0.6) is 0 Å². The van der Waals surface area contributed by atoms with Crippen LogP contribution in [0.4, 0.5) is 0 Å². The number of nitrogens with one attached hydrogen (secondary N) is 1. The van der Waals surface area contributed by atoms with Crippen LogP contribution in [0.2, 0.25) is 0 Å². The zero-order valence-electron chi connectivity index (χ0n) is 6.18. The molecule has 0 saturated heterocycles. The van der Waals surface area contributed by atoms with Gasteiger partial charge in [-0.1, -0.05) is 0 Å². The van der Waals surface area contributed by atoms with Gasteiger partial charge >= 0.3 is 85.5 Å². The number of likely N-dealkylation sites (N-methyl/N-ethyl adjacent to an activating group) is 1.